The van der Waals surface area contributed by atoms with Crippen molar-refractivity contribution in [1.29, 1.82) is 0 Å². The van der Waals surface area contributed by atoms with Crippen LogP contribution in [-0.4, -0.2) is 6.54 Å². The Balaban J connectivity index is 1.87. The molecule has 0 bridgehead atoms. The molecule has 0 radical (unpaired) electrons. The number of benzene rings is 1. The summed E-state index contributed by atoms with van der Waals surface area (Å²) >= 11 is 0. The molecule has 0 spiro atoms. The molecule has 4 heteroatoms. The summed E-state index contributed by atoms with van der Waals surface area (Å²) in [6, 6.07) is 5.56. The van der Waals surface area contributed by atoms with Crippen molar-refractivity contribution in [3.8, 4) is 0 Å². The molecule has 0 amide bonds. The number of rotatable bonds is 4. The Kier molecular flexibility index (Phi) is 5.31. The van der Waals surface area contributed by atoms with Gasteiger partial charge in [0.15, 0.2) is 0 Å². The SMILES string of the molecule is CC1CCCC(CNC(C)c2ccc(C(F)(F)F)cc2)C1. The zero-order chi connectivity index (χ0) is 15.5. The number of hydrogen-bond acceptors (Lipinski definition) is 1. The molecule has 0 heterocycles. The molecule has 1 aliphatic rings. The third-order valence-electron chi connectivity index (χ3n) is 4.50. The van der Waals surface area contributed by atoms with Crippen LogP contribution < -0.4 is 5.32 Å². The second kappa shape index (κ2) is 6.82. The fourth-order valence-corrected chi connectivity index (χ4v) is 3.17. The van der Waals surface area contributed by atoms with Crippen LogP contribution in [0.5, 0.6) is 0 Å². The van der Waals surface area contributed by atoms with E-state index in [0.717, 1.165) is 30.2 Å². The van der Waals surface area contributed by atoms with Crippen molar-refractivity contribution in [3.05, 3.63) is 35.4 Å². The highest BCUT2D eigenvalue weighted by Gasteiger charge is 2.30. The minimum atomic E-state index is -4.26. The maximum Gasteiger partial charge on any atom is 0.416 e. The zero-order valence-electron chi connectivity index (χ0n) is 12.7. The van der Waals surface area contributed by atoms with Gasteiger partial charge in [0, 0.05) is 6.04 Å². The zero-order valence-corrected chi connectivity index (χ0v) is 12.7. The topological polar surface area (TPSA) is 12.0 Å². The summed E-state index contributed by atoms with van der Waals surface area (Å²) in [7, 11) is 0. The van der Waals surface area contributed by atoms with Crippen molar-refractivity contribution in [3.63, 3.8) is 0 Å². The van der Waals surface area contributed by atoms with E-state index in [4.69, 9.17) is 0 Å². The van der Waals surface area contributed by atoms with Crippen LogP contribution in [0.4, 0.5) is 13.2 Å². The summed E-state index contributed by atoms with van der Waals surface area (Å²) in [4.78, 5) is 0. The molecule has 0 aliphatic heterocycles. The molecular formula is C17H24F3N. The number of hydrogen-bond donors (Lipinski definition) is 1. The first-order chi connectivity index (χ1) is 9.86. The van der Waals surface area contributed by atoms with E-state index in [1.165, 1.54) is 25.7 Å². The molecule has 1 saturated carbocycles. The standard InChI is InChI=1S/C17H24F3N/c1-12-4-3-5-14(10-12)11-21-13(2)15-6-8-16(9-7-15)17(18,19)20/h6-9,12-14,21H,3-5,10-11H2,1-2H3. The van der Waals surface area contributed by atoms with Crippen LogP contribution in [0.3, 0.4) is 0 Å². The van der Waals surface area contributed by atoms with Gasteiger partial charge in [-0.25, -0.2) is 0 Å². The second-order valence-corrected chi connectivity index (χ2v) is 6.39. The van der Waals surface area contributed by atoms with Gasteiger partial charge < -0.3 is 5.32 Å². The highest BCUT2D eigenvalue weighted by atomic mass is 19.4. The molecule has 1 fully saturated rings. The Hall–Kier alpha value is -1.03. The highest BCUT2D eigenvalue weighted by molar-refractivity contribution is 5.26. The largest absolute Gasteiger partial charge is 0.416 e. The molecule has 118 valence electrons. The molecule has 1 aliphatic carbocycles. The molecule has 1 N–H and O–H groups in total. The predicted octanol–water partition coefficient (Wildman–Crippen LogP) is 5.18. The molecule has 1 aromatic carbocycles. The quantitative estimate of drug-likeness (QED) is 0.807. The highest BCUT2D eigenvalue weighted by Crippen LogP contribution is 2.30. The third-order valence-corrected chi connectivity index (χ3v) is 4.50. The third kappa shape index (κ3) is 4.73. The Morgan fingerprint density at radius 2 is 1.86 bits per heavy atom. The van der Waals surface area contributed by atoms with Crippen molar-refractivity contribution in [2.45, 2.75) is 51.7 Å². The van der Waals surface area contributed by atoms with Gasteiger partial charge in [-0.2, -0.15) is 13.2 Å². The molecule has 1 aromatic rings. The number of alkyl halides is 3. The maximum atomic E-state index is 12.5. The summed E-state index contributed by atoms with van der Waals surface area (Å²) in [5.41, 5.74) is 0.325. The molecular weight excluding hydrogens is 275 g/mol. The van der Waals surface area contributed by atoms with E-state index in [1.807, 2.05) is 6.92 Å². The first-order valence-electron chi connectivity index (χ1n) is 7.77. The van der Waals surface area contributed by atoms with Gasteiger partial charge in [-0.15, -0.1) is 0 Å². The Bertz CT molecular complexity index is 438. The van der Waals surface area contributed by atoms with Gasteiger partial charge in [-0.1, -0.05) is 31.9 Å². The van der Waals surface area contributed by atoms with Crippen molar-refractivity contribution < 1.29 is 13.2 Å². The summed E-state index contributed by atoms with van der Waals surface area (Å²) in [5, 5.41) is 3.47. The summed E-state index contributed by atoms with van der Waals surface area (Å²) in [6.07, 6.45) is 0.879. The smallest absolute Gasteiger partial charge is 0.310 e. The van der Waals surface area contributed by atoms with Crippen LogP contribution >= 0.6 is 0 Å². The van der Waals surface area contributed by atoms with E-state index in [0.29, 0.717) is 5.92 Å². The second-order valence-electron chi connectivity index (χ2n) is 6.39. The van der Waals surface area contributed by atoms with Gasteiger partial charge >= 0.3 is 6.18 Å². The average molecular weight is 299 g/mol. The number of halogens is 3. The van der Waals surface area contributed by atoms with Crippen molar-refractivity contribution in [1.82, 2.24) is 5.32 Å². The van der Waals surface area contributed by atoms with Crippen LogP contribution in [0.15, 0.2) is 24.3 Å². The van der Waals surface area contributed by atoms with E-state index in [2.05, 4.69) is 12.2 Å². The molecule has 3 unspecified atom stereocenters. The Labute approximate surface area is 124 Å². The fourth-order valence-electron chi connectivity index (χ4n) is 3.17. The lowest BCUT2D eigenvalue weighted by Crippen LogP contribution is -2.28. The van der Waals surface area contributed by atoms with Crippen LogP contribution in [-0.2, 0) is 6.18 Å². The maximum absolute atomic E-state index is 12.5. The molecule has 3 atom stereocenters. The minimum Gasteiger partial charge on any atom is -0.310 e. The van der Waals surface area contributed by atoms with Crippen LogP contribution in [0, 0.1) is 11.8 Å². The number of nitrogens with one attached hydrogen (secondary N) is 1. The van der Waals surface area contributed by atoms with Crippen molar-refractivity contribution in [2.75, 3.05) is 6.54 Å². The van der Waals surface area contributed by atoms with Gasteiger partial charge in [0.2, 0.25) is 0 Å². The normalized spacial score (nSPS) is 24.8. The van der Waals surface area contributed by atoms with Crippen molar-refractivity contribution >= 4 is 0 Å². The first-order valence-corrected chi connectivity index (χ1v) is 7.77. The van der Waals surface area contributed by atoms with Crippen LogP contribution in [0.2, 0.25) is 0 Å². The van der Waals surface area contributed by atoms with Crippen LogP contribution in [0.1, 0.15) is 56.7 Å². The molecule has 2 rings (SSSR count). The van der Waals surface area contributed by atoms with E-state index >= 15 is 0 Å². The van der Waals surface area contributed by atoms with E-state index in [9.17, 15) is 13.2 Å². The monoisotopic (exact) mass is 299 g/mol. The van der Waals surface area contributed by atoms with E-state index in [1.54, 1.807) is 12.1 Å². The first kappa shape index (κ1) is 16.3. The molecule has 0 aromatic heterocycles. The lowest BCUT2D eigenvalue weighted by atomic mass is 9.82. The lowest BCUT2D eigenvalue weighted by Gasteiger charge is -2.28. The average Bonchev–Trinajstić information content (AvgIpc) is 2.44. The molecule has 1 nitrogen and oxygen atoms in total. The Morgan fingerprint density at radius 3 is 2.43 bits per heavy atom. The molecule has 21 heavy (non-hydrogen) atoms. The van der Waals surface area contributed by atoms with Crippen LogP contribution in [0.25, 0.3) is 0 Å². The van der Waals surface area contributed by atoms with E-state index in [-0.39, 0.29) is 6.04 Å². The van der Waals surface area contributed by atoms with Crippen molar-refractivity contribution in [2.24, 2.45) is 11.8 Å². The summed E-state index contributed by atoms with van der Waals surface area (Å²) in [6.45, 7) is 5.26. The predicted molar refractivity (Wildman–Crippen MR) is 79.0 cm³/mol. The Morgan fingerprint density at radius 1 is 1.19 bits per heavy atom. The van der Waals surface area contributed by atoms with Gasteiger partial charge in [0.1, 0.15) is 0 Å². The molecule has 0 saturated heterocycles. The van der Waals surface area contributed by atoms with Gasteiger partial charge in [0.05, 0.1) is 5.56 Å². The minimum absolute atomic E-state index is 0.0875. The van der Waals surface area contributed by atoms with Gasteiger partial charge in [0.25, 0.3) is 0 Å². The summed E-state index contributed by atoms with van der Waals surface area (Å²) < 4.78 is 37.6. The fraction of sp³-hybridized carbons (Fsp3) is 0.647. The van der Waals surface area contributed by atoms with Gasteiger partial charge in [-0.05, 0) is 55.8 Å². The summed E-state index contributed by atoms with van der Waals surface area (Å²) in [5.74, 6) is 1.50. The lowest BCUT2D eigenvalue weighted by molar-refractivity contribution is -0.137. The van der Waals surface area contributed by atoms with Gasteiger partial charge in [-0.3, -0.25) is 0 Å². The van der Waals surface area contributed by atoms with E-state index < -0.39 is 11.7 Å².